The first kappa shape index (κ1) is 52.3. The van der Waals surface area contributed by atoms with Gasteiger partial charge in [0.25, 0.3) is 0 Å². The third-order valence-electron chi connectivity index (χ3n) is 11.4. The van der Waals surface area contributed by atoms with Crippen LogP contribution in [0.1, 0.15) is 27.7 Å². The topological polar surface area (TPSA) is 229 Å². The average molecular weight is 1050 g/mol. The summed E-state index contributed by atoms with van der Waals surface area (Å²) in [4.78, 5) is 76.1. The van der Waals surface area contributed by atoms with Crippen molar-refractivity contribution in [2.45, 2.75) is 58.7 Å². The maximum Gasteiger partial charge on any atom is 0.416 e. The fourth-order valence-corrected chi connectivity index (χ4v) is 8.11. The largest absolute Gasteiger partial charge is 0.443 e. The molecule has 73 heavy (non-hydrogen) atoms. The minimum absolute atomic E-state index is 0.0626. The van der Waals surface area contributed by atoms with Crippen molar-refractivity contribution in [3.63, 3.8) is 0 Å². The number of alkyl halides is 6. The molecule has 9 rings (SSSR count). The fraction of sp³-hybridized carbons (Fsp3) is 0.535. The van der Waals surface area contributed by atoms with Crippen molar-refractivity contribution in [1.82, 2.24) is 63.9 Å². The Bertz CT molecular complexity index is 2920. The summed E-state index contributed by atoms with van der Waals surface area (Å²) in [5.74, 6) is 1.59. The predicted octanol–water partition coefficient (Wildman–Crippen LogP) is 5.10. The maximum absolute atomic E-state index is 13.8. The molecule has 0 saturated carbocycles. The summed E-state index contributed by atoms with van der Waals surface area (Å²) in [6, 6.07) is 0. The van der Waals surface area contributed by atoms with Gasteiger partial charge >= 0.3 is 18.4 Å². The lowest BCUT2D eigenvalue weighted by molar-refractivity contribution is -0.140. The molecule has 23 nitrogen and oxygen atoms in total. The number of fused-ring (bicyclic) bond motifs is 2. The van der Waals surface area contributed by atoms with Crippen molar-refractivity contribution in [2.75, 3.05) is 118 Å². The smallest absolute Gasteiger partial charge is 0.416 e. The molecule has 6 aromatic rings. The van der Waals surface area contributed by atoms with Crippen molar-refractivity contribution < 1.29 is 50.1 Å². The summed E-state index contributed by atoms with van der Waals surface area (Å²) in [6.07, 6.45) is -3.90. The van der Waals surface area contributed by atoms with E-state index in [1.54, 1.807) is 37.6 Å². The Labute approximate surface area is 417 Å². The van der Waals surface area contributed by atoms with E-state index in [-0.39, 0.29) is 57.1 Å². The number of carbonyl (C=O) groups excluding carboxylic acids is 2. The summed E-state index contributed by atoms with van der Waals surface area (Å²) < 4.78 is 99.2. The van der Waals surface area contributed by atoms with Crippen LogP contribution in [0.2, 0.25) is 5.28 Å². The van der Waals surface area contributed by atoms with E-state index in [1.807, 2.05) is 9.80 Å². The van der Waals surface area contributed by atoms with Crippen LogP contribution in [0.5, 0.6) is 0 Å². The standard InChI is InChI=1S/C22H27F3N10O2.C21H24ClF3N8O3/c1-14(36)32-3-5-34(6-4-32)21-29-16-18(33-7-9-37-10-8-33)30-17(15-11-27-20(26-2)28-12-15)31-19(16)35(21)13-22(23,24)25;1-20(2,3)36-19(34)31(4)18-26-9-12(10-27-18)14-29-15(32-5-7-35-8-6-32)13-16(30-14)33(17(22)28-13)11-21(23,24)25/h11-12H,3-10,13H2,1-2H3,(H,26,27,28);9-10H,5-8,11H2,1-4H3. The maximum atomic E-state index is 13.8. The number of imidazole rings is 2. The van der Waals surface area contributed by atoms with Gasteiger partial charge in [-0.05, 0) is 32.4 Å². The molecule has 1 N–H and O–H groups in total. The molecule has 0 aliphatic carbocycles. The quantitative estimate of drug-likeness (QED) is 0.147. The first-order valence-corrected chi connectivity index (χ1v) is 23.2. The van der Waals surface area contributed by atoms with Gasteiger partial charge in [-0.15, -0.1) is 0 Å². The van der Waals surface area contributed by atoms with Gasteiger partial charge in [-0.1, -0.05) is 0 Å². The van der Waals surface area contributed by atoms with Crippen LogP contribution in [0.4, 0.5) is 60.6 Å². The lowest BCUT2D eigenvalue weighted by Crippen LogP contribution is -2.49. The number of morpholine rings is 2. The van der Waals surface area contributed by atoms with Gasteiger partial charge in [-0.2, -0.15) is 26.3 Å². The number of anilines is 5. The van der Waals surface area contributed by atoms with E-state index in [1.165, 1.54) is 38.8 Å². The van der Waals surface area contributed by atoms with E-state index in [0.29, 0.717) is 107 Å². The van der Waals surface area contributed by atoms with Gasteiger partial charge in [0.15, 0.2) is 45.6 Å². The Balaban J connectivity index is 0.000000195. The molecule has 30 heteroatoms. The molecule has 3 fully saturated rings. The highest BCUT2D eigenvalue weighted by molar-refractivity contribution is 6.29. The first-order valence-electron chi connectivity index (χ1n) is 22.9. The Kier molecular flexibility index (Phi) is 15.2. The Morgan fingerprint density at radius 1 is 0.671 bits per heavy atom. The van der Waals surface area contributed by atoms with Gasteiger partial charge in [-0.25, -0.2) is 59.5 Å². The highest BCUT2D eigenvalue weighted by atomic mass is 35.5. The van der Waals surface area contributed by atoms with E-state index in [2.05, 4.69) is 50.2 Å². The number of nitrogens with one attached hydrogen (secondary N) is 1. The van der Waals surface area contributed by atoms with E-state index < -0.39 is 37.1 Å². The lowest BCUT2D eigenvalue weighted by Gasteiger charge is -2.35. The van der Waals surface area contributed by atoms with Gasteiger partial charge in [0.1, 0.15) is 18.7 Å². The van der Waals surface area contributed by atoms with Gasteiger partial charge in [0, 0.05) is 98.2 Å². The fourth-order valence-electron chi connectivity index (χ4n) is 7.89. The van der Waals surface area contributed by atoms with Crippen molar-refractivity contribution in [1.29, 1.82) is 0 Å². The lowest BCUT2D eigenvalue weighted by atomic mass is 10.2. The summed E-state index contributed by atoms with van der Waals surface area (Å²) >= 11 is 6.08. The van der Waals surface area contributed by atoms with E-state index in [0.717, 1.165) is 14.0 Å². The van der Waals surface area contributed by atoms with Crippen molar-refractivity contribution in [2.24, 2.45) is 0 Å². The van der Waals surface area contributed by atoms with Crippen LogP contribution < -0.4 is 24.9 Å². The van der Waals surface area contributed by atoms with Crippen molar-refractivity contribution >= 4 is 75.4 Å². The van der Waals surface area contributed by atoms with Crippen molar-refractivity contribution in [3.8, 4) is 22.8 Å². The number of nitrogens with zero attached hydrogens (tertiary/aromatic N) is 17. The Hall–Kier alpha value is -7.01. The first-order chi connectivity index (χ1) is 34.6. The van der Waals surface area contributed by atoms with E-state index >= 15 is 0 Å². The average Bonchev–Trinajstić information content (AvgIpc) is 3.87. The molecule has 3 saturated heterocycles. The normalized spacial score (nSPS) is 15.9. The second-order valence-electron chi connectivity index (χ2n) is 17.8. The number of aromatic nitrogens is 12. The Morgan fingerprint density at radius 3 is 1.60 bits per heavy atom. The van der Waals surface area contributed by atoms with E-state index in [4.69, 9.17) is 30.8 Å². The number of hydrogen-bond acceptors (Lipinski definition) is 19. The Morgan fingerprint density at radius 2 is 1.14 bits per heavy atom. The summed E-state index contributed by atoms with van der Waals surface area (Å²) in [5.41, 5.74) is 0.522. The van der Waals surface area contributed by atoms with Gasteiger partial charge in [0.05, 0.1) is 37.6 Å². The highest BCUT2D eigenvalue weighted by Gasteiger charge is 2.36. The second kappa shape index (κ2) is 21.2. The number of ether oxygens (including phenoxy) is 3. The molecule has 0 bridgehead atoms. The minimum atomic E-state index is -4.54. The summed E-state index contributed by atoms with van der Waals surface area (Å²) in [7, 11) is 3.14. The third-order valence-corrected chi connectivity index (χ3v) is 11.7. The van der Waals surface area contributed by atoms with E-state index in [9.17, 15) is 35.9 Å². The molecule has 392 valence electrons. The summed E-state index contributed by atoms with van der Waals surface area (Å²) in [6.45, 7) is 9.28. The predicted molar refractivity (Wildman–Crippen MR) is 255 cm³/mol. The SMILES string of the molecule is CN(C(=O)OC(C)(C)C)c1ncc(-c2nc(N3CCOCC3)c3nc(Cl)n(CC(F)(F)F)c3n2)cn1.CNc1ncc(-c2nc(N3CCOCC3)c3nc(N4CCN(C(C)=O)CC4)n(CC(F)(F)F)c3n2)cn1. The van der Waals surface area contributed by atoms with Crippen molar-refractivity contribution in [3.05, 3.63) is 30.1 Å². The minimum Gasteiger partial charge on any atom is -0.443 e. The van der Waals surface area contributed by atoms with Crippen LogP contribution in [0.25, 0.3) is 45.1 Å². The molecule has 9 heterocycles. The molecule has 0 spiro atoms. The van der Waals surface area contributed by atoms with Crippen LogP contribution in [0.15, 0.2) is 24.8 Å². The zero-order valence-electron chi connectivity index (χ0n) is 40.5. The van der Waals surface area contributed by atoms with Crippen LogP contribution in [-0.2, 0) is 32.1 Å². The van der Waals surface area contributed by atoms with Gasteiger partial charge in [-0.3, -0.25) is 13.9 Å². The van der Waals surface area contributed by atoms with Crippen LogP contribution >= 0.6 is 11.6 Å². The zero-order chi connectivity index (χ0) is 52.4. The number of halogens is 7. The summed E-state index contributed by atoms with van der Waals surface area (Å²) in [5, 5.41) is 2.48. The van der Waals surface area contributed by atoms with Crippen LogP contribution in [0.3, 0.4) is 0 Å². The molecular formula is C43H51ClF6N18O5. The monoisotopic (exact) mass is 1050 g/mol. The molecule has 0 radical (unpaired) electrons. The molecule has 0 atom stereocenters. The highest BCUT2D eigenvalue weighted by Crippen LogP contribution is 2.35. The molecule has 0 aromatic carbocycles. The molecule has 3 aliphatic rings. The number of amides is 2. The number of carbonyl (C=O) groups is 2. The van der Waals surface area contributed by atoms with Crippen LogP contribution in [-0.4, -0.2) is 187 Å². The number of hydrogen-bond donors (Lipinski definition) is 1. The third kappa shape index (κ3) is 12.4. The molecule has 6 aromatic heterocycles. The molecular weight excluding hydrogens is 998 g/mol. The van der Waals surface area contributed by atoms with Crippen LogP contribution in [0, 0.1) is 0 Å². The second-order valence-corrected chi connectivity index (χ2v) is 18.2. The molecule has 0 unspecified atom stereocenters. The van der Waals surface area contributed by atoms with Gasteiger partial charge < -0.3 is 39.1 Å². The molecule has 3 aliphatic heterocycles. The molecule has 2 amide bonds. The van der Waals surface area contributed by atoms with Gasteiger partial charge in [0.2, 0.25) is 29.0 Å². The zero-order valence-corrected chi connectivity index (χ0v) is 41.3. The number of piperazine rings is 1. The number of rotatable bonds is 9.